The van der Waals surface area contributed by atoms with E-state index in [0.29, 0.717) is 23.4 Å². The van der Waals surface area contributed by atoms with E-state index in [9.17, 15) is 13.2 Å². The van der Waals surface area contributed by atoms with Crippen LogP contribution in [0.2, 0.25) is 0 Å². The Hall–Kier alpha value is -3.32. The molecule has 3 rings (SSSR count). The Bertz CT molecular complexity index is 1140. The number of rotatable bonds is 8. The number of carbonyl (C=O) groups is 1. The van der Waals surface area contributed by atoms with E-state index in [1.807, 2.05) is 38.1 Å². The van der Waals surface area contributed by atoms with Crippen LogP contribution in [-0.2, 0) is 16.6 Å². The number of amides is 1. The molecule has 0 unspecified atom stereocenters. The van der Waals surface area contributed by atoms with Gasteiger partial charge >= 0.3 is 0 Å². The van der Waals surface area contributed by atoms with Gasteiger partial charge in [-0.05, 0) is 74.4 Å². The van der Waals surface area contributed by atoms with Crippen molar-refractivity contribution in [1.29, 1.82) is 0 Å². The van der Waals surface area contributed by atoms with Gasteiger partial charge in [0.05, 0.1) is 16.7 Å². The Morgan fingerprint density at radius 3 is 2.26 bits per heavy atom. The minimum Gasteiger partial charge on any atom is -0.491 e. The molecular weight excluding hydrogens is 412 g/mol. The van der Waals surface area contributed by atoms with Gasteiger partial charge in [-0.1, -0.05) is 30.3 Å². The number of nitrogens with one attached hydrogen (secondary N) is 2. The predicted molar refractivity (Wildman–Crippen MR) is 122 cm³/mol. The number of benzene rings is 3. The third-order valence-electron chi connectivity index (χ3n) is 4.53. The Morgan fingerprint density at radius 2 is 1.65 bits per heavy atom. The van der Waals surface area contributed by atoms with Crippen LogP contribution in [0.4, 0.5) is 5.69 Å². The van der Waals surface area contributed by atoms with Gasteiger partial charge in [-0.25, -0.2) is 8.42 Å². The molecule has 0 heterocycles. The zero-order chi connectivity index (χ0) is 22.4. The lowest BCUT2D eigenvalue weighted by Crippen LogP contribution is -2.23. The molecular formula is C24H26N2O4S. The molecule has 0 saturated carbocycles. The van der Waals surface area contributed by atoms with Crippen molar-refractivity contribution in [1.82, 2.24) is 5.32 Å². The minimum absolute atomic E-state index is 0.105. The first-order valence-corrected chi connectivity index (χ1v) is 11.5. The molecule has 31 heavy (non-hydrogen) atoms. The van der Waals surface area contributed by atoms with E-state index in [2.05, 4.69) is 10.0 Å². The topological polar surface area (TPSA) is 84.5 Å². The summed E-state index contributed by atoms with van der Waals surface area (Å²) in [5, 5.41) is 2.88. The van der Waals surface area contributed by atoms with Crippen molar-refractivity contribution in [2.45, 2.75) is 38.3 Å². The number of anilines is 1. The fraction of sp³-hybridized carbons (Fsp3) is 0.208. The number of ether oxygens (including phenoxy) is 1. The summed E-state index contributed by atoms with van der Waals surface area (Å²) in [5.41, 5.74) is 2.50. The van der Waals surface area contributed by atoms with Crippen molar-refractivity contribution in [3.05, 3.63) is 89.5 Å². The lowest BCUT2D eigenvalue weighted by Gasteiger charge is -2.13. The second-order valence-corrected chi connectivity index (χ2v) is 9.12. The molecule has 0 bridgehead atoms. The van der Waals surface area contributed by atoms with Gasteiger partial charge in [0.1, 0.15) is 5.75 Å². The lowest BCUT2D eigenvalue weighted by atomic mass is 10.1. The van der Waals surface area contributed by atoms with E-state index >= 15 is 0 Å². The molecule has 0 aliphatic rings. The molecule has 0 radical (unpaired) electrons. The van der Waals surface area contributed by atoms with Crippen molar-refractivity contribution in [3.63, 3.8) is 0 Å². The molecule has 0 aliphatic carbocycles. The predicted octanol–water partition coefficient (Wildman–Crippen LogP) is 4.51. The average Bonchev–Trinajstić information content (AvgIpc) is 2.74. The summed E-state index contributed by atoms with van der Waals surface area (Å²) in [6, 6.07) is 20.6. The van der Waals surface area contributed by atoms with Crippen LogP contribution in [0.5, 0.6) is 5.75 Å². The first-order valence-electron chi connectivity index (χ1n) is 9.97. The molecule has 1 amide bonds. The lowest BCUT2D eigenvalue weighted by molar-refractivity contribution is 0.0951. The third-order valence-corrected chi connectivity index (χ3v) is 5.92. The van der Waals surface area contributed by atoms with Crippen LogP contribution in [0.1, 0.15) is 35.3 Å². The highest BCUT2D eigenvalue weighted by atomic mass is 32.2. The van der Waals surface area contributed by atoms with Crippen LogP contribution >= 0.6 is 0 Å². The van der Waals surface area contributed by atoms with Crippen LogP contribution in [0.3, 0.4) is 0 Å². The normalized spacial score (nSPS) is 11.2. The SMILES string of the molecule is Cc1cc(C(=O)NCc2ccc(OC(C)C)cc2)ccc1NS(=O)(=O)c1ccccc1. The van der Waals surface area contributed by atoms with E-state index in [1.54, 1.807) is 43.3 Å². The van der Waals surface area contributed by atoms with Crippen molar-refractivity contribution >= 4 is 21.6 Å². The summed E-state index contributed by atoms with van der Waals surface area (Å²) < 4.78 is 33.2. The quantitative estimate of drug-likeness (QED) is 0.542. The van der Waals surface area contributed by atoms with Crippen LogP contribution in [-0.4, -0.2) is 20.4 Å². The summed E-state index contributed by atoms with van der Waals surface area (Å²) in [7, 11) is -3.69. The molecule has 2 N–H and O–H groups in total. The first-order chi connectivity index (χ1) is 14.7. The summed E-state index contributed by atoms with van der Waals surface area (Å²) in [6.45, 7) is 6.07. The molecule has 0 saturated heterocycles. The van der Waals surface area contributed by atoms with Gasteiger partial charge in [0.25, 0.3) is 15.9 Å². The zero-order valence-corrected chi connectivity index (χ0v) is 18.6. The average molecular weight is 439 g/mol. The standard InChI is InChI=1S/C24H26N2O4S/c1-17(2)30-21-12-9-19(10-13-21)16-25-24(27)20-11-14-23(18(3)15-20)26-31(28,29)22-7-5-4-6-8-22/h4-15,17,26H,16H2,1-3H3,(H,25,27). The fourth-order valence-corrected chi connectivity index (χ4v) is 4.12. The Morgan fingerprint density at radius 1 is 0.968 bits per heavy atom. The van der Waals surface area contributed by atoms with Gasteiger partial charge in [0.15, 0.2) is 0 Å². The molecule has 7 heteroatoms. The van der Waals surface area contributed by atoms with Gasteiger partial charge < -0.3 is 10.1 Å². The molecule has 0 aromatic heterocycles. The maximum Gasteiger partial charge on any atom is 0.261 e. The van der Waals surface area contributed by atoms with Crippen LogP contribution in [0.15, 0.2) is 77.7 Å². The van der Waals surface area contributed by atoms with Gasteiger partial charge in [-0.2, -0.15) is 0 Å². The van der Waals surface area contributed by atoms with Gasteiger partial charge in [-0.15, -0.1) is 0 Å². The summed E-state index contributed by atoms with van der Waals surface area (Å²) in [5.74, 6) is 0.553. The number of carbonyl (C=O) groups excluding carboxylic acids is 1. The maximum absolute atomic E-state index is 12.5. The van der Waals surface area contributed by atoms with Crippen LogP contribution < -0.4 is 14.8 Å². The van der Waals surface area contributed by atoms with Gasteiger partial charge in [0.2, 0.25) is 0 Å². The van der Waals surface area contributed by atoms with E-state index in [1.165, 1.54) is 12.1 Å². The molecule has 3 aromatic carbocycles. The number of aryl methyl sites for hydroxylation is 1. The molecule has 3 aromatic rings. The molecule has 0 fully saturated rings. The van der Waals surface area contributed by atoms with Crippen molar-refractivity contribution in [2.75, 3.05) is 4.72 Å². The Kier molecular flexibility index (Phi) is 6.97. The molecule has 162 valence electrons. The zero-order valence-electron chi connectivity index (χ0n) is 17.8. The highest BCUT2D eigenvalue weighted by Gasteiger charge is 2.15. The van der Waals surface area contributed by atoms with E-state index in [-0.39, 0.29) is 16.9 Å². The number of hydrogen-bond donors (Lipinski definition) is 2. The second kappa shape index (κ2) is 9.66. The Labute approximate surface area is 183 Å². The second-order valence-electron chi connectivity index (χ2n) is 7.44. The van der Waals surface area contributed by atoms with Crippen molar-refractivity contribution in [3.8, 4) is 5.75 Å². The monoisotopic (exact) mass is 438 g/mol. The molecule has 0 spiro atoms. The van der Waals surface area contributed by atoms with Crippen molar-refractivity contribution < 1.29 is 17.9 Å². The Balaban J connectivity index is 1.63. The number of hydrogen-bond acceptors (Lipinski definition) is 4. The molecule has 0 aliphatic heterocycles. The molecule has 0 atom stereocenters. The third kappa shape index (κ3) is 6.08. The molecule has 6 nitrogen and oxygen atoms in total. The fourth-order valence-electron chi connectivity index (χ4n) is 2.97. The van der Waals surface area contributed by atoms with Crippen LogP contribution in [0.25, 0.3) is 0 Å². The van der Waals surface area contributed by atoms with Gasteiger partial charge in [0, 0.05) is 12.1 Å². The van der Waals surface area contributed by atoms with Gasteiger partial charge in [-0.3, -0.25) is 9.52 Å². The summed E-state index contributed by atoms with van der Waals surface area (Å²) >= 11 is 0. The van der Waals surface area contributed by atoms with E-state index in [4.69, 9.17) is 4.74 Å². The van der Waals surface area contributed by atoms with Crippen molar-refractivity contribution in [2.24, 2.45) is 0 Å². The maximum atomic E-state index is 12.5. The highest BCUT2D eigenvalue weighted by molar-refractivity contribution is 7.92. The minimum atomic E-state index is -3.69. The number of sulfonamides is 1. The largest absolute Gasteiger partial charge is 0.491 e. The first kappa shape index (κ1) is 22.4. The summed E-state index contributed by atoms with van der Waals surface area (Å²) in [4.78, 5) is 12.7. The van der Waals surface area contributed by atoms with E-state index in [0.717, 1.165) is 11.3 Å². The van der Waals surface area contributed by atoms with Crippen LogP contribution in [0, 0.1) is 6.92 Å². The highest BCUT2D eigenvalue weighted by Crippen LogP contribution is 2.21. The smallest absolute Gasteiger partial charge is 0.261 e. The van der Waals surface area contributed by atoms with E-state index < -0.39 is 10.0 Å². The summed E-state index contributed by atoms with van der Waals surface area (Å²) in [6.07, 6.45) is 0.105.